The van der Waals surface area contributed by atoms with Gasteiger partial charge in [-0.3, -0.25) is 4.79 Å². The summed E-state index contributed by atoms with van der Waals surface area (Å²) in [6.45, 7) is 2.47. The van der Waals surface area contributed by atoms with Crippen LogP contribution >= 0.6 is 11.3 Å². The highest BCUT2D eigenvalue weighted by atomic mass is 32.1. The molecule has 1 aromatic rings. The van der Waals surface area contributed by atoms with Gasteiger partial charge in [0.05, 0.1) is 12.6 Å². The summed E-state index contributed by atoms with van der Waals surface area (Å²) in [5.41, 5.74) is 1.44. The quantitative estimate of drug-likeness (QED) is 0.904. The summed E-state index contributed by atoms with van der Waals surface area (Å²) in [7, 11) is 0. The van der Waals surface area contributed by atoms with Crippen molar-refractivity contribution in [2.24, 2.45) is 11.8 Å². The van der Waals surface area contributed by atoms with E-state index < -0.39 is 0 Å². The Labute approximate surface area is 124 Å². The zero-order valence-corrected chi connectivity index (χ0v) is 12.6. The van der Waals surface area contributed by atoms with E-state index in [-0.39, 0.29) is 0 Å². The van der Waals surface area contributed by atoms with Crippen LogP contribution in [0.25, 0.3) is 0 Å². The SMILES string of the molecule is O=C(CNCC1CC1)N1CCc2sccc2C1C1CC1. The molecule has 1 aliphatic heterocycles. The Balaban J connectivity index is 1.44. The van der Waals surface area contributed by atoms with Crippen molar-refractivity contribution in [3.8, 4) is 0 Å². The van der Waals surface area contributed by atoms with Gasteiger partial charge in [0.25, 0.3) is 0 Å². The van der Waals surface area contributed by atoms with E-state index in [1.165, 1.54) is 36.1 Å². The number of thiophene rings is 1. The van der Waals surface area contributed by atoms with Gasteiger partial charge < -0.3 is 10.2 Å². The first-order valence-corrected chi connectivity index (χ1v) is 8.77. The predicted molar refractivity (Wildman–Crippen MR) is 80.8 cm³/mol. The molecule has 1 atom stereocenters. The van der Waals surface area contributed by atoms with Gasteiger partial charge in [-0.15, -0.1) is 11.3 Å². The van der Waals surface area contributed by atoms with Crippen molar-refractivity contribution < 1.29 is 4.79 Å². The summed E-state index contributed by atoms with van der Waals surface area (Å²) in [5, 5.41) is 5.55. The van der Waals surface area contributed by atoms with Crippen LogP contribution in [0.4, 0.5) is 0 Å². The van der Waals surface area contributed by atoms with Crippen LogP contribution in [0.1, 0.15) is 42.2 Å². The number of carbonyl (C=O) groups is 1. The molecular weight excluding hydrogens is 268 g/mol. The second-order valence-corrected chi connectivity index (χ2v) is 7.49. The van der Waals surface area contributed by atoms with Gasteiger partial charge in [-0.05, 0) is 67.5 Å². The maximum atomic E-state index is 12.5. The summed E-state index contributed by atoms with van der Waals surface area (Å²) < 4.78 is 0. The Hall–Kier alpha value is -0.870. The van der Waals surface area contributed by atoms with Crippen molar-refractivity contribution in [3.05, 3.63) is 21.9 Å². The first kappa shape index (κ1) is 12.8. The van der Waals surface area contributed by atoms with Gasteiger partial charge in [-0.2, -0.15) is 0 Å². The monoisotopic (exact) mass is 290 g/mol. The van der Waals surface area contributed by atoms with E-state index in [4.69, 9.17) is 0 Å². The molecule has 1 N–H and O–H groups in total. The van der Waals surface area contributed by atoms with Crippen LogP contribution in [0.2, 0.25) is 0 Å². The van der Waals surface area contributed by atoms with Crippen LogP contribution in [-0.2, 0) is 11.2 Å². The van der Waals surface area contributed by atoms with E-state index >= 15 is 0 Å². The fourth-order valence-electron chi connectivity index (χ4n) is 3.35. The second-order valence-electron chi connectivity index (χ2n) is 6.49. The van der Waals surface area contributed by atoms with Crippen LogP contribution in [0.15, 0.2) is 11.4 Å². The van der Waals surface area contributed by atoms with Crippen molar-refractivity contribution in [2.45, 2.75) is 38.1 Å². The molecule has 4 rings (SSSR count). The normalized spacial score (nSPS) is 25.6. The van der Waals surface area contributed by atoms with Gasteiger partial charge in [0.15, 0.2) is 0 Å². The molecule has 1 aromatic heterocycles. The molecular formula is C16H22N2OS. The van der Waals surface area contributed by atoms with Crippen molar-refractivity contribution in [1.29, 1.82) is 0 Å². The summed E-state index contributed by atoms with van der Waals surface area (Å²) in [4.78, 5) is 16.2. The highest BCUT2D eigenvalue weighted by Gasteiger charge is 2.41. The van der Waals surface area contributed by atoms with Gasteiger partial charge >= 0.3 is 0 Å². The van der Waals surface area contributed by atoms with Crippen LogP contribution in [0.5, 0.6) is 0 Å². The smallest absolute Gasteiger partial charge is 0.237 e. The molecule has 2 fully saturated rings. The van der Waals surface area contributed by atoms with Crippen LogP contribution < -0.4 is 5.32 Å². The van der Waals surface area contributed by atoms with Gasteiger partial charge in [0.2, 0.25) is 5.91 Å². The number of fused-ring (bicyclic) bond motifs is 1. The van der Waals surface area contributed by atoms with Crippen LogP contribution in [0, 0.1) is 11.8 Å². The predicted octanol–water partition coefficient (Wildman–Crippen LogP) is 2.58. The van der Waals surface area contributed by atoms with E-state index in [1.54, 1.807) is 0 Å². The van der Waals surface area contributed by atoms with Crippen LogP contribution in [-0.4, -0.2) is 30.4 Å². The van der Waals surface area contributed by atoms with E-state index in [2.05, 4.69) is 21.7 Å². The van der Waals surface area contributed by atoms with Gasteiger partial charge in [-0.25, -0.2) is 0 Å². The third-order valence-corrected chi connectivity index (χ3v) is 5.81. The Morgan fingerprint density at radius 2 is 2.20 bits per heavy atom. The highest BCUT2D eigenvalue weighted by Crippen LogP contribution is 2.48. The fourth-order valence-corrected chi connectivity index (χ4v) is 4.27. The van der Waals surface area contributed by atoms with E-state index in [0.29, 0.717) is 18.5 Å². The van der Waals surface area contributed by atoms with Gasteiger partial charge in [0, 0.05) is 11.4 Å². The maximum Gasteiger partial charge on any atom is 0.237 e. The molecule has 0 bridgehead atoms. The highest BCUT2D eigenvalue weighted by molar-refractivity contribution is 7.10. The third kappa shape index (κ3) is 2.51. The summed E-state index contributed by atoms with van der Waals surface area (Å²) >= 11 is 1.86. The number of hydrogen-bond acceptors (Lipinski definition) is 3. The molecule has 3 aliphatic rings. The van der Waals surface area contributed by atoms with E-state index in [9.17, 15) is 4.79 Å². The average Bonchev–Trinajstić information content (AvgIpc) is 3.36. The molecule has 0 saturated heterocycles. The molecule has 0 radical (unpaired) electrons. The fraction of sp³-hybridized carbons (Fsp3) is 0.688. The second kappa shape index (κ2) is 5.15. The number of hydrogen-bond donors (Lipinski definition) is 1. The first-order valence-electron chi connectivity index (χ1n) is 7.89. The topological polar surface area (TPSA) is 32.3 Å². The number of nitrogens with one attached hydrogen (secondary N) is 1. The molecule has 20 heavy (non-hydrogen) atoms. The molecule has 4 heteroatoms. The number of amides is 1. The first-order chi connectivity index (χ1) is 9.83. The lowest BCUT2D eigenvalue weighted by atomic mass is 9.96. The summed E-state index contributed by atoms with van der Waals surface area (Å²) in [5.74, 6) is 1.86. The lowest BCUT2D eigenvalue weighted by Gasteiger charge is -2.36. The third-order valence-electron chi connectivity index (χ3n) is 4.81. The Kier molecular flexibility index (Phi) is 3.31. The zero-order chi connectivity index (χ0) is 13.5. The standard InChI is InChI=1S/C16H22N2OS/c19-15(10-17-9-11-1-2-11)18-7-5-14-13(6-8-20-14)16(18)12-3-4-12/h6,8,11-12,16-17H,1-5,7,9-10H2. The largest absolute Gasteiger partial charge is 0.334 e. The Morgan fingerprint density at radius 3 is 2.95 bits per heavy atom. The molecule has 3 nitrogen and oxygen atoms in total. The molecule has 0 spiro atoms. The molecule has 1 amide bonds. The van der Waals surface area contributed by atoms with Gasteiger partial charge in [-0.1, -0.05) is 0 Å². The van der Waals surface area contributed by atoms with Crippen molar-refractivity contribution in [2.75, 3.05) is 19.6 Å². The number of nitrogens with zero attached hydrogens (tertiary/aromatic N) is 1. The van der Waals surface area contributed by atoms with E-state index in [1.807, 2.05) is 11.3 Å². The molecule has 1 unspecified atom stereocenters. The van der Waals surface area contributed by atoms with E-state index in [0.717, 1.165) is 31.3 Å². The minimum Gasteiger partial charge on any atom is -0.334 e. The molecule has 2 aliphatic carbocycles. The maximum absolute atomic E-state index is 12.5. The number of carbonyl (C=O) groups excluding carboxylic acids is 1. The van der Waals surface area contributed by atoms with Crippen molar-refractivity contribution in [3.63, 3.8) is 0 Å². The number of rotatable bonds is 5. The molecule has 0 aromatic carbocycles. The van der Waals surface area contributed by atoms with Gasteiger partial charge in [0.1, 0.15) is 0 Å². The minimum atomic E-state index is 0.305. The minimum absolute atomic E-state index is 0.305. The summed E-state index contributed by atoms with van der Waals surface area (Å²) in [6.07, 6.45) is 6.31. The van der Waals surface area contributed by atoms with Crippen LogP contribution in [0.3, 0.4) is 0 Å². The lowest BCUT2D eigenvalue weighted by molar-refractivity contribution is -0.133. The Bertz CT molecular complexity index is 504. The Morgan fingerprint density at radius 1 is 1.35 bits per heavy atom. The van der Waals surface area contributed by atoms with Crippen molar-refractivity contribution in [1.82, 2.24) is 10.2 Å². The summed E-state index contributed by atoms with van der Waals surface area (Å²) in [6, 6.07) is 2.63. The zero-order valence-electron chi connectivity index (χ0n) is 11.8. The average molecular weight is 290 g/mol. The molecule has 2 heterocycles. The molecule has 2 saturated carbocycles. The lowest BCUT2D eigenvalue weighted by Crippen LogP contribution is -2.44. The molecule has 108 valence electrons. The van der Waals surface area contributed by atoms with Crippen molar-refractivity contribution >= 4 is 17.2 Å².